The number of carboxylic acids is 1. The Hall–Kier alpha value is -2.14. The van der Waals surface area contributed by atoms with Gasteiger partial charge in [0, 0.05) is 11.3 Å². The van der Waals surface area contributed by atoms with E-state index >= 15 is 0 Å². The van der Waals surface area contributed by atoms with Crippen LogP contribution in [0.4, 0.5) is 5.69 Å². The number of carbonyl (C=O) groups is 2. The predicted molar refractivity (Wildman–Crippen MR) is 119 cm³/mol. The zero-order chi connectivity index (χ0) is 22.0. The quantitative estimate of drug-likeness (QED) is 0.591. The number of Topliss-reactive ketones (excluding diaryl/α,β-unsaturated/α-hetero) is 1. The molecule has 3 saturated carbocycles. The molecule has 7 atom stereocenters. The van der Waals surface area contributed by atoms with Gasteiger partial charge in [-0.05, 0) is 93.1 Å². The molecular formula is C26H33NO4. The molecular weight excluding hydrogens is 390 g/mol. The predicted octanol–water partition coefficient (Wildman–Crippen LogP) is 4.87. The van der Waals surface area contributed by atoms with Crippen LogP contribution >= 0.6 is 0 Å². The number of para-hydroxylation sites is 1. The molecule has 1 aromatic rings. The van der Waals surface area contributed by atoms with E-state index < -0.39 is 11.4 Å². The molecule has 5 heteroatoms. The van der Waals surface area contributed by atoms with Gasteiger partial charge >= 0.3 is 5.97 Å². The van der Waals surface area contributed by atoms with Gasteiger partial charge in [-0.15, -0.1) is 0 Å². The largest absolute Gasteiger partial charge is 0.481 e. The fraction of sp³-hybridized carbons (Fsp3) is 0.615. The Morgan fingerprint density at radius 1 is 1.13 bits per heavy atom. The van der Waals surface area contributed by atoms with Crippen LogP contribution in [0.5, 0.6) is 0 Å². The van der Waals surface area contributed by atoms with Crippen LogP contribution in [0.15, 0.2) is 36.0 Å². The van der Waals surface area contributed by atoms with Gasteiger partial charge in [0.15, 0.2) is 0 Å². The topological polar surface area (TPSA) is 86.6 Å². The van der Waals surface area contributed by atoms with Crippen LogP contribution in [0, 0.1) is 34.5 Å². The summed E-state index contributed by atoms with van der Waals surface area (Å²) in [7, 11) is 0. The van der Waals surface area contributed by atoms with Crippen LogP contribution in [0.1, 0.15) is 69.2 Å². The van der Waals surface area contributed by atoms with E-state index in [9.17, 15) is 19.8 Å². The van der Waals surface area contributed by atoms with Gasteiger partial charge < -0.3 is 15.5 Å². The Morgan fingerprint density at radius 3 is 2.65 bits per heavy atom. The first-order valence-electron chi connectivity index (χ1n) is 11.8. The molecule has 3 aliphatic carbocycles. The van der Waals surface area contributed by atoms with Gasteiger partial charge in [0.2, 0.25) is 5.78 Å². The van der Waals surface area contributed by atoms with Crippen LogP contribution in [-0.4, -0.2) is 28.1 Å². The van der Waals surface area contributed by atoms with Gasteiger partial charge in [0.1, 0.15) is 0 Å². The Kier molecular flexibility index (Phi) is 4.81. The summed E-state index contributed by atoms with van der Waals surface area (Å²) in [5.74, 6) is 0.210. The summed E-state index contributed by atoms with van der Waals surface area (Å²) >= 11 is 0. The minimum Gasteiger partial charge on any atom is -0.481 e. The summed E-state index contributed by atoms with van der Waals surface area (Å²) in [6.07, 6.45) is 8.04. The SMILES string of the molecule is C[C@]12CC[C@@H](O)C[C@H]1CC[C@H]1[C@H]2CC[C@](C)(C(=O)O)[C@@H]1/C=C1/Nc2ccccc2C1=O. The molecule has 0 bridgehead atoms. The Labute approximate surface area is 183 Å². The van der Waals surface area contributed by atoms with Gasteiger partial charge in [-0.1, -0.05) is 25.1 Å². The number of fused-ring (bicyclic) bond motifs is 4. The second-order valence-corrected chi connectivity index (χ2v) is 10.8. The number of hydrogen-bond donors (Lipinski definition) is 3. The molecule has 3 fully saturated rings. The molecule has 4 aliphatic rings. The van der Waals surface area contributed by atoms with Crippen molar-refractivity contribution in [3.8, 4) is 0 Å². The molecule has 31 heavy (non-hydrogen) atoms. The van der Waals surface area contributed by atoms with E-state index in [-0.39, 0.29) is 29.1 Å². The first-order chi connectivity index (χ1) is 14.7. The lowest BCUT2D eigenvalue weighted by Gasteiger charge is -2.60. The van der Waals surface area contributed by atoms with Crippen LogP contribution in [0.25, 0.3) is 0 Å². The first-order valence-corrected chi connectivity index (χ1v) is 11.8. The van der Waals surface area contributed by atoms with Crippen molar-refractivity contribution in [3.63, 3.8) is 0 Å². The maximum Gasteiger partial charge on any atom is 0.309 e. The number of ketones is 1. The molecule has 1 heterocycles. The monoisotopic (exact) mass is 423 g/mol. The lowest BCUT2D eigenvalue weighted by atomic mass is 9.44. The summed E-state index contributed by atoms with van der Waals surface area (Å²) < 4.78 is 0. The second kappa shape index (κ2) is 7.19. The molecule has 3 N–H and O–H groups in total. The van der Waals surface area contributed by atoms with E-state index in [0.29, 0.717) is 29.5 Å². The van der Waals surface area contributed by atoms with Crippen molar-refractivity contribution >= 4 is 17.4 Å². The van der Waals surface area contributed by atoms with E-state index in [4.69, 9.17) is 0 Å². The third kappa shape index (κ3) is 3.07. The summed E-state index contributed by atoms with van der Waals surface area (Å²) in [5, 5.41) is 23.7. The van der Waals surface area contributed by atoms with Crippen molar-refractivity contribution in [2.75, 3.05) is 5.32 Å². The standard InChI is InChI=1S/C26H33NO4/c1-25-11-9-16(28)13-15(25)7-8-17-19(25)10-12-26(2,24(30)31)20(17)14-22-23(29)18-5-3-4-6-21(18)27-22/h3-6,14-17,19-20,27-28H,7-13H2,1-2H3,(H,30,31)/b22-14+/t15-,16-,17+,19-,20-,25+,26+/m1/s1. The fourth-order valence-electron chi connectivity index (χ4n) is 7.48. The number of aliphatic hydroxyl groups excluding tert-OH is 1. The maximum absolute atomic E-state index is 13.0. The minimum absolute atomic E-state index is 0.0360. The van der Waals surface area contributed by atoms with Gasteiger partial charge in [-0.25, -0.2) is 0 Å². The van der Waals surface area contributed by atoms with Gasteiger partial charge in [-0.3, -0.25) is 9.59 Å². The Morgan fingerprint density at radius 2 is 1.90 bits per heavy atom. The van der Waals surface area contributed by atoms with E-state index in [0.717, 1.165) is 44.2 Å². The van der Waals surface area contributed by atoms with Crippen molar-refractivity contribution in [1.29, 1.82) is 0 Å². The van der Waals surface area contributed by atoms with Crippen molar-refractivity contribution in [1.82, 2.24) is 0 Å². The van der Waals surface area contributed by atoms with E-state index in [1.165, 1.54) is 0 Å². The number of aliphatic carboxylic acids is 1. The number of aliphatic hydroxyl groups is 1. The average molecular weight is 424 g/mol. The van der Waals surface area contributed by atoms with Crippen molar-refractivity contribution in [3.05, 3.63) is 41.6 Å². The highest BCUT2D eigenvalue weighted by atomic mass is 16.4. The van der Waals surface area contributed by atoms with Gasteiger partial charge in [-0.2, -0.15) is 0 Å². The number of benzene rings is 1. The molecule has 0 unspecified atom stereocenters. The van der Waals surface area contributed by atoms with Crippen LogP contribution in [0.3, 0.4) is 0 Å². The average Bonchev–Trinajstić information content (AvgIpc) is 3.06. The number of allylic oxidation sites excluding steroid dienone is 2. The van der Waals surface area contributed by atoms with Crippen molar-refractivity contribution in [2.45, 2.75) is 64.9 Å². The van der Waals surface area contributed by atoms with Crippen molar-refractivity contribution < 1.29 is 19.8 Å². The summed E-state index contributed by atoms with van der Waals surface area (Å²) in [5.41, 5.74) is 1.28. The highest BCUT2D eigenvalue weighted by Gasteiger charge is 2.58. The van der Waals surface area contributed by atoms with Crippen LogP contribution < -0.4 is 5.32 Å². The molecule has 1 aromatic carbocycles. The van der Waals surface area contributed by atoms with Crippen molar-refractivity contribution in [2.24, 2.45) is 34.5 Å². The molecule has 0 radical (unpaired) electrons. The molecule has 5 nitrogen and oxygen atoms in total. The number of carboxylic acid groups (broad SMARTS) is 1. The second-order valence-electron chi connectivity index (χ2n) is 10.8. The Bertz CT molecular complexity index is 954. The van der Waals surface area contributed by atoms with E-state index in [1.807, 2.05) is 37.3 Å². The zero-order valence-electron chi connectivity index (χ0n) is 18.4. The fourth-order valence-corrected chi connectivity index (χ4v) is 7.48. The molecule has 5 rings (SSSR count). The molecule has 166 valence electrons. The summed E-state index contributed by atoms with van der Waals surface area (Å²) in [4.78, 5) is 25.5. The number of rotatable bonds is 2. The molecule has 0 amide bonds. The lowest BCUT2D eigenvalue weighted by Crippen LogP contribution is -2.55. The number of nitrogens with one attached hydrogen (secondary N) is 1. The molecule has 0 saturated heterocycles. The molecule has 1 aliphatic heterocycles. The zero-order valence-corrected chi connectivity index (χ0v) is 18.4. The van der Waals surface area contributed by atoms with E-state index in [1.54, 1.807) is 0 Å². The normalized spacial score (nSPS) is 43.0. The molecule has 0 spiro atoms. The molecule has 0 aromatic heterocycles. The summed E-state index contributed by atoms with van der Waals surface area (Å²) in [6, 6.07) is 7.48. The van der Waals surface area contributed by atoms with Gasteiger partial charge in [0.05, 0.1) is 17.2 Å². The van der Waals surface area contributed by atoms with Crippen LogP contribution in [-0.2, 0) is 4.79 Å². The Balaban J connectivity index is 1.52. The first kappa shape index (κ1) is 20.7. The van der Waals surface area contributed by atoms with E-state index in [2.05, 4.69) is 12.2 Å². The number of hydrogen-bond acceptors (Lipinski definition) is 4. The van der Waals surface area contributed by atoms with Gasteiger partial charge in [0.25, 0.3) is 0 Å². The third-order valence-electron chi connectivity index (χ3n) is 9.41. The maximum atomic E-state index is 13.0. The number of carbonyl (C=O) groups excluding carboxylic acids is 1. The highest BCUT2D eigenvalue weighted by molar-refractivity contribution is 6.18. The minimum atomic E-state index is -0.873. The van der Waals surface area contributed by atoms with Crippen LogP contribution in [0.2, 0.25) is 0 Å². The summed E-state index contributed by atoms with van der Waals surface area (Å²) in [6.45, 7) is 4.25. The smallest absolute Gasteiger partial charge is 0.309 e. The number of anilines is 1. The third-order valence-corrected chi connectivity index (χ3v) is 9.41. The lowest BCUT2D eigenvalue weighted by molar-refractivity contribution is -0.164. The highest BCUT2D eigenvalue weighted by Crippen LogP contribution is 2.63.